The van der Waals surface area contributed by atoms with Crippen LogP contribution in [-0.4, -0.2) is 108 Å². The summed E-state index contributed by atoms with van der Waals surface area (Å²) in [6, 6.07) is -0.302. The molecule has 2 aliphatic heterocycles. The Bertz CT molecular complexity index is 1220. The molecule has 0 bridgehead atoms. The number of amides is 1. The van der Waals surface area contributed by atoms with Crippen molar-refractivity contribution in [1.29, 1.82) is 0 Å². The molecule has 11 atom stereocenters. The number of phosphoric acid groups is 1. The number of aliphatic hydroxyl groups excluding tert-OH is 5. The Labute approximate surface area is 231 Å². The Morgan fingerprint density at radius 2 is 2.00 bits per heavy atom. The van der Waals surface area contributed by atoms with Gasteiger partial charge in [-0.3, -0.25) is 18.5 Å². The lowest BCUT2D eigenvalue weighted by Crippen LogP contribution is -2.69. The van der Waals surface area contributed by atoms with Crippen LogP contribution < -0.4 is 26.7 Å². The third-order valence-corrected chi connectivity index (χ3v) is 7.51. The third-order valence-electron chi connectivity index (χ3n) is 6.52. The summed E-state index contributed by atoms with van der Waals surface area (Å²) in [7, 11) is -5.76. The summed E-state index contributed by atoms with van der Waals surface area (Å²) in [6.07, 6.45) is -14.1. The number of hydrogen-bond acceptors (Lipinski definition) is 17. The van der Waals surface area contributed by atoms with Gasteiger partial charge in [0, 0.05) is 19.5 Å². The second kappa shape index (κ2) is 12.8. The predicted molar refractivity (Wildman–Crippen MR) is 127 cm³/mol. The summed E-state index contributed by atoms with van der Waals surface area (Å²) >= 11 is 0. The van der Waals surface area contributed by atoms with Gasteiger partial charge in [0.1, 0.15) is 42.3 Å². The van der Waals surface area contributed by atoms with Gasteiger partial charge < -0.3 is 65.4 Å². The molecule has 2 aliphatic rings. The molecule has 8 N–H and O–H groups in total. The summed E-state index contributed by atoms with van der Waals surface area (Å²) in [4.78, 5) is 51.9. The third kappa shape index (κ3) is 7.27. The molecule has 1 aromatic rings. The monoisotopic (exact) mass is 610 g/mol. The summed E-state index contributed by atoms with van der Waals surface area (Å²) < 4.78 is 33.4. The summed E-state index contributed by atoms with van der Waals surface area (Å²) in [5.74, 6) is -6.48. The minimum atomic E-state index is -5.76. The van der Waals surface area contributed by atoms with Crippen LogP contribution in [0.4, 0.5) is 5.82 Å². The van der Waals surface area contributed by atoms with Crippen LogP contribution in [0.5, 0.6) is 0 Å². The maximum Gasteiger partial charge on any atom is 0.351 e. The number of phosphoric ester groups is 1. The van der Waals surface area contributed by atoms with Crippen LogP contribution in [0.25, 0.3) is 0 Å². The SMILES string of the molecule is CC[C@@H](O)[C@@H](O)C1OC(OP(=O)([O-])OCC2OC(n3ccc(N)nc3=O)C(O)C2O)(C(=O)[O-])CC(O)C1NC(C)=O. The van der Waals surface area contributed by atoms with Crippen molar-refractivity contribution in [2.24, 2.45) is 0 Å². The van der Waals surface area contributed by atoms with Gasteiger partial charge in [0.25, 0.3) is 7.82 Å². The molecule has 3 rings (SSSR count). The fraction of sp³-hybridized carbons (Fsp3) is 0.714. The minimum Gasteiger partial charge on any atom is -0.756 e. The topological polar surface area (TPSA) is 308 Å². The lowest BCUT2D eigenvalue weighted by molar-refractivity contribution is -0.377. The first-order chi connectivity index (χ1) is 19.0. The zero-order chi connectivity index (χ0) is 30.9. The number of carbonyl (C=O) groups is 2. The van der Waals surface area contributed by atoms with Crippen LogP contribution in [0.1, 0.15) is 32.9 Å². The fourth-order valence-electron chi connectivity index (χ4n) is 4.43. The van der Waals surface area contributed by atoms with Crippen molar-refractivity contribution in [3.63, 3.8) is 0 Å². The van der Waals surface area contributed by atoms with Crippen LogP contribution in [0.3, 0.4) is 0 Å². The van der Waals surface area contributed by atoms with Gasteiger partial charge in [-0.05, 0) is 12.5 Å². The molecule has 41 heavy (non-hydrogen) atoms. The number of carboxylic acid groups (broad SMARTS) is 1. The molecule has 0 aromatic carbocycles. The molecule has 0 aliphatic carbocycles. The number of nitrogens with one attached hydrogen (secondary N) is 1. The lowest BCUT2D eigenvalue weighted by Gasteiger charge is -2.50. The number of aliphatic carboxylic acids is 1. The van der Waals surface area contributed by atoms with Crippen LogP contribution in [0, 0.1) is 0 Å². The van der Waals surface area contributed by atoms with Crippen LogP contribution in [0.2, 0.25) is 0 Å². The van der Waals surface area contributed by atoms with E-state index in [1.54, 1.807) is 0 Å². The molecule has 9 unspecified atom stereocenters. The Hall–Kier alpha value is -2.55. The Kier molecular flexibility index (Phi) is 10.3. The van der Waals surface area contributed by atoms with Crippen molar-refractivity contribution < 1.29 is 68.2 Å². The highest BCUT2D eigenvalue weighted by molar-refractivity contribution is 7.45. The number of carboxylic acids is 1. The highest BCUT2D eigenvalue weighted by Gasteiger charge is 2.54. The molecule has 2 fully saturated rings. The molecule has 19 nitrogen and oxygen atoms in total. The molecule has 0 saturated carbocycles. The Morgan fingerprint density at radius 1 is 1.34 bits per heavy atom. The number of ether oxygens (including phenoxy) is 2. The number of nitrogens with two attached hydrogens (primary N) is 1. The van der Waals surface area contributed by atoms with Gasteiger partial charge in [-0.2, -0.15) is 4.98 Å². The van der Waals surface area contributed by atoms with Crippen molar-refractivity contribution >= 4 is 25.5 Å². The van der Waals surface area contributed by atoms with E-state index in [1.165, 1.54) is 13.0 Å². The maximum absolute atomic E-state index is 12.7. The summed E-state index contributed by atoms with van der Waals surface area (Å²) in [5.41, 5.74) is 4.46. The van der Waals surface area contributed by atoms with Crippen molar-refractivity contribution in [3.05, 3.63) is 22.7 Å². The first-order valence-electron chi connectivity index (χ1n) is 12.2. The lowest BCUT2D eigenvalue weighted by atomic mass is 9.88. The average molecular weight is 610 g/mol. The number of nitrogens with zero attached hydrogens (tertiary/aromatic N) is 2. The van der Waals surface area contributed by atoms with E-state index in [1.807, 2.05) is 0 Å². The van der Waals surface area contributed by atoms with Crippen LogP contribution >= 0.6 is 7.82 Å². The van der Waals surface area contributed by atoms with E-state index in [-0.39, 0.29) is 12.2 Å². The van der Waals surface area contributed by atoms with E-state index in [2.05, 4.69) is 19.3 Å². The van der Waals surface area contributed by atoms with Crippen LogP contribution in [-0.2, 0) is 32.7 Å². The zero-order valence-corrected chi connectivity index (χ0v) is 22.6. The molecule has 3 heterocycles. The van der Waals surface area contributed by atoms with Crippen molar-refractivity contribution in [3.8, 4) is 0 Å². The van der Waals surface area contributed by atoms with Gasteiger partial charge in [0.15, 0.2) is 6.23 Å². The normalized spacial score (nSPS) is 34.9. The number of nitrogen functional groups attached to an aromatic ring is 1. The van der Waals surface area contributed by atoms with E-state index < -0.39 is 99.2 Å². The van der Waals surface area contributed by atoms with Gasteiger partial charge in [-0.1, -0.05) is 6.92 Å². The first-order valence-corrected chi connectivity index (χ1v) is 13.7. The summed E-state index contributed by atoms with van der Waals surface area (Å²) in [5, 5.41) is 66.1. The van der Waals surface area contributed by atoms with Gasteiger partial charge in [0.2, 0.25) is 11.7 Å². The van der Waals surface area contributed by atoms with Crippen molar-refractivity contribution in [2.45, 2.75) is 87.5 Å². The van der Waals surface area contributed by atoms with Gasteiger partial charge >= 0.3 is 5.69 Å². The number of carbonyl (C=O) groups excluding carboxylic acids is 2. The van der Waals surface area contributed by atoms with E-state index in [9.17, 15) is 54.5 Å². The van der Waals surface area contributed by atoms with Crippen molar-refractivity contribution in [1.82, 2.24) is 14.9 Å². The molecule has 2 saturated heterocycles. The molecule has 232 valence electrons. The molecular weight excluding hydrogens is 579 g/mol. The van der Waals surface area contributed by atoms with Gasteiger partial charge in [-0.25, -0.2) is 4.79 Å². The average Bonchev–Trinajstić information content (AvgIpc) is 3.16. The molecule has 0 spiro atoms. The predicted octanol–water partition coefficient (Wildman–Crippen LogP) is -5.82. The number of anilines is 1. The van der Waals surface area contributed by atoms with E-state index in [4.69, 9.17) is 15.2 Å². The molecule has 0 radical (unpaired) electrons. The quantitative estimate of drug-likeness (QED) is 0.115. The second-order valence-electron chi connectivity index (χ2n) is 9.51. The largest absolute Gasteiger partial charge is 0.756 e. The first kappa shape index (κ1) is 33.0. The molecule has 20 heteroatoms. The number of aromatic nitrogens is 2. The number of rotatable bonds is 11. The van der Waals surface area contributed by atoms with E-state index in [0.29, 0.717) is 0 Å². The van der Waals surface area contributed by atoms with Crippen molar-refractivity contribution in [2.75, 3.05) is 12.3 Å². The van der Waals surface area contributed by atoms with Gasteiger partial charge in [0.05, 0.1) is 24.9 Å². The molecule has 1 aromatic heterocycles. The standard InChI is InChI=1S/C21H33N4O15P/c1-3-9(27)14(29)17-13(23-8(2)26)10(28)6-21(39-17,19(32)33)40-41(35,36)37-7-11-15(30)16(31)18(38-11)25-5-4-12(22)24-20(25)34/h4-5,9-11,13-18,27-31H,3,6-7H2,1-2H3,(H,23,26)(H,32,33)(H,35,36)(H2,22,24,34)/p-2/t9-,10?,11?,13?,14-,15?,16?,17?,18?,21?/m1/s1. The molecular formula is C21H31N4O15P-2. The molecule has 1 amide bonds. The second-order valence-corrected chi connectivity index (χ2v) is 10.8. The zero-order valence-electron chi connectivity index (χ0n) is 21.7. The van der Waals surface area contributed by atoms with E-state index in [0.717, 1.165) is 17.7 Å². The van der Waals surface area contributed by atoms with E-state index >= 15 is 0 Å². The smallest absolute Gasteiger partial charge is 0.351 e. The summed E-state index contributed by atoms with van der Waals surface area (Å²) in [6.45, 7) is 1.43. The number of aliphatic hydroxyl groups is 5. The highest BCUT2D eigenvalue weighted by atomic mass is 31.2. The van der Waals surface area contributed by atoms with Crippen LogP contribution in [0.15, 0.2) is 17.1 Å². The minimum absolute atomic E-state index is 0.0820. The fourth-order valence-corrected chi connectivity index (χ4v) is 5.37. The maximum atomic E-state index is 12.7. The number of hydrogen-bond donors (Lipinski definition) is 7. The highest BCUT2D eigenvalue weighted by Crippen LogP contribution is 2.48. The Balaban J connectivity index is 1.79. The Morgan fingerprint density at radius 3 is 2.56 bits per heavy atom. The van der Waals surface area contributed by atoms with Gasteiger partial charge in [-0.15, -0.1) is 0 Å².